The topological polar surface area (TPSA) is 41.6 Å². The monoisotopic (exact) mass is 380 g/mol. The van der Waals surface area contributed by atoms with Gasteiger partial charge in [0.25, 0.3) is 0 Å². The van der Waals surface area contributed by atoms with Crippen molar-refractivity contribution in [2.24, 2.45) is 5.92 Å². The smallest absolute Gasteiger partial charge is 0.223 e. The third kappa shape index (κ3) is 5.14. The molecule has 1 saturated heterocycles. The van der Waals surface area contributed by atoms with Gasteiger partial charge in [-0.3, -0.25) is 9.69 Å². The molecule has 1 atom stereocenters. The Morgan fingerprint density at radius 2 is 1.82 bits per heavy atom. The molecule has 3 rings (SSSR count). The van der Waals surface area contributed by atoms with Crippen LogP contribution in [0.3, 0.4) is 0 Å². The SMILES string of the molecule is CC[C@@H](NC(=O)C1CCN(Cc2ccccc2C)CC1)c1ccc(OC)cc1. The fraction of sp³-hybridized carbons (Fsp3) is 0.458. The molecule has 1 fully saturated rings. The summed E-state index contributed by atoms with van der Waals surface area (Å²) in [5, 5.41) is 3.27. The lowest BCUT2D eigenvalue weighted by Gasteiger charge is -2.32. The Morgan fingerprint density at radius 1 is 1.14 bits per heavy atom. The van der Waals surface area contributed by atoms with Crippen molar-refractivity contribution < 1.29 is 9.53 Å². The summed E-state index contributed by atoms with van der Waals surface area (Å²) in [6, 6.07) is 16.6. The third-order valence-corrected chi connectivity index (χ3v) is 5.86. The molecular weight excluding hydrogens is 348 g/mol. The maximum Gasteiger partial charge on any atom is 0.223 e. The summed E-state index contributed by atoms with van der Waals surface area (Å²) in [6.07, 6.45) is 2.73. The Bertz CT molecular complexity index is 764. The molecule has 0 unspecified atom stereocenters. The highest BCUT2D eigenvalue weighted by atomic mass is 16.5. The van der Waals surface area contributed by atoms with Crippen molar-refractivity contribution in [1.82, 2.24) is 10.2 Å². The average Bonchev–Trinajstić information content (AvgIpc) is 2.74. The van der Waals surface area contributed by atoms with Gasteiger partial charge >= 0.3 is 0 Å². The first-order valence-corrected chi connectivity index (χ1v) is 10.3. The Morgan fingerprint density at radius 3 is 2.43 bits per heavy atom. The van der Waals surface area contributed by atoms with Gasteiger partial charge in [0.1, 0.15) is 5.75 Å². The zero-order valence-corrected chi connectivity index (χ0v) is 17.3. The second kappa shape index (κ2) is 9.74. The van der Waals surface area contributed by atoms with Crippen LogP contribution in [0.4, 0.5) is 0 Å². The van der Waals surface area contributed by atoms with Crippen LogP contribution in [0.5, 0.6) is 5.75 Å². The normalized spacial score (nSPS) is 16.5. The standard InChI is InChI=1S/C24H32N2O2/c1-4-23(19-9-11-22(28-3)12-10-19)25-24(27)20-13-15-26(16-14-20)17-21-8-6-5-7-18(21)2/h5-12,20,23H,4,13-17H2,1-3H3,(H,25,27)/t23-/m1/s1. The Labute approximate surface area is 168 Å². The fourth-order valence-electron chi connectivity index (χ4n) is 3.93. The second-order valence-electron chi connectivity index (χ2n) is 7.72. The molecule has 0 spiro atoms. The van der Waals surface area contributed by atoms with E-state index in [1.807, 2.05) is 24.3 Å². The molecule has 1 heterocycles. The molecule has 0 aliphatic carbocycles. The lowest BCUT2D eigenvalue weighted by molar-refractivity contribution is -0.127. The van der Waals surface area contributed by atoms with Crippen LogP contribution in [0, 0.1) is 12.8 Å². The van der Waals surface area contributed by atoms with Crippen molar-refractivity contribution in [1.29, 1.82) is 0 Å². The Kier molecular flexibility index (Phi) is 7.10. The van der Waals surface area contributed by atoms with E-state index in [9.17, 15) is 4.79 Å². The van der Waals surface area contributed by atoms with Crippen LogP contribution in [0.15, 0.2) is 48.5 Å². The third-order valence-electron chi connectivity index (χ3n) is 5.86. The number of nitrogens with zero attached hydrogens (tertiary/aromatic N) is 1. The molecule has 4 heteroatoms. The number of ether oxygens (including phenoxy) is 1. The van der Waals surface area contributed by atoms with Crippen LogP contribution in [-0.2, 0) is 11.3 Å². The average molecular weight is 381 g/mol. The Balaban J connectivity index is 1.51. The van der Waals surface area contributed by atoms with E-state index in [4.69, 9.17) is 4.74 Å². The molecule has 150 valence electrons. The number of carbonyl (C=O) groups is 1. The summed E-state index contributed by atoms with van der Waals surface area (Å²) in [5.74, 6) is 1.14. The molecule has 2 aromatic rings. The predicted octanol–water partition coefficient (Wildman–Crippen LogP) is 4.48. The first kappa shape index (κ1) is 20.4. The van der Waals surface area contributed by atoms with E-state index in [2.05, 4.69) is 48.3 Å². The van der Waals surface area contributed by atoms with Crippen LogP contribution >= 0.6 is 0 Å². The first-order valence-electron chi connectivity index (χ1n) is 10.3. The molecule has 1 aliphatic rings. The zero-order chi connectivity index (χ0) is 19.9. The van der Waals surface area contributed by atoms with Crippen molar-refractivity contribution in [3.05, 3.63) is 65.2 Å². The van der Waals surface area contributed by atoms with E-state index in [0.29, 0.717) is 0 Å². The van der Waals surface area contributed by atoms with E-state index in [0.717, 1.165) is 50.2 Å². The molecule has 0 saturated carbocycles. The van der Waals surface area contributed by atoms with Crippen molar-refractivity contribution >= 4 is 5.91 Å². The number of carbonyl (C=O) groups excluding carboxylic acids is 1. The minimum atomic E-state index is 0.0587. The number of likely N-dealkylation sites (tertiary alicyclic amines) is 1. The highest BCUT2D eigenvalue weighted by Gasteiger charge is 2.26. The van der Waals surface area contributed by atoms with Crippen LogP contribution in [0.1, 0.15) is 48.9 Å². The summed E-state index contributed by atoms with van der Waals surface area (Å²) in [6.45, 7) is 7.21. The molecule has 1 amide bonds. The predicted molar refractivity (Wildman–Crippen MR) is 113 cm³/mol. The lowest BCUT2D eigenvalue weighted by Crippen LogP contribution is -2.41. The minimum Gasteiger partial charge on any atom is -0.497 e. The molecule has 4 nitrogen and oxygen atoms in total. The van der Waals surface area contributed by atoms with Gasteiger partial charge in [0.2, 0.25) is 5.91 Å². The molecule has 28 heavy (non-hydrogen) atoms. The maximum absolute atomic E-state index is 12.8. The molecule has 0 aromatic heterocycles. The number of nitrogens with one attached hydrogen (secondary N) is 1. The van der Waals surface area contributed by atoms with Gasteiger partial charge in [-0.1, -0.05) is 43.3 Å². The molecule has 0 bridgehead atoms. The van der Waals surface area contributed by atoms with Crippen molar-refractivity contribution in [2.75, 3.05) is 20.2 Å². The second-order valence-corrected chi connectivity index (χ2v) is 7.72. The molecule has 1 N–H and O–H groups in total. The van der Waals surface area contributed by atoms with Crippen molar-refractivity contribution in [2.45, 2.75) is 45.7 Å². The van der Waals surface area contributed by atoms with Crippen LogP contribution < -0.4 is 10.1 Å². The summed E-state index contributed by atoms with van der Waals surface area (Å²) in [4.78, 5) is 15.3. The highest BCUT2D eigenvalue weighted by Crippen LogP contribution is 2.24. The van der Waals surface area contributed by atoms with Gasteiger partial charge in [0, 0.05) is 12.5 Å². The van der Waals surface area contributed by atoms with Gasteiger partial charge in [0.05, 0.1) is 13.2 Å². The molecule has 1 aliphatic heterocycles. The fourth-order valence-corrected chi connectivity index (χ4v) is 3.93. The largest absolute Gasteiger partial charge is 0.497 e. The quantitative estimate of drug-likeness (QED) is 0.770. The van der Waals surface area contributed by atoms with Gasteiger partial charge < -0.3 is 10.1 Å². The summed E-state index contributed by atoms with van der Waals surface area (Å²) in [5.41, 5.74) is 3.86. The van der Waals surface area contributed by atoms with Gasteiger partial charge in [0.15, 0.2) is 0 Å². The number of aryl methyl sites for hydroxylation is 1. The number of amides is 1. The number of benzene rings is 2. The molecule has 0 radical (unpaired) electrons. The van der Waals surface area contributed by atoms with Crippen LogP contribution in [0.25, 0.3) is 0 Å². The molecular formula is C24H32N2O2. The number of piperidine rings is 1. The number of hydrogen-bond donors (Lipinski definition) is 1. The molecule has 2 aromatic carbocycles. The number of rotatable bonds is 7. The summed E-state index contributed by atoms with van der Waals surface area (Å²) in [7, 11) is 1.67. The van der Waals surface area contributed by atoms with Crippen LogP contribution in [0.2, 0.25) is 0 Å². The minimum absolute atomic E-state index is 0.0587. The van der Waals surface area contributed by atoms with Gasteiger partial charge in [-0.05, 0) is 68.1 Å². The van der Waals surface area contributed by atoms with Gasteiger partial charge in [-0.15, -0.1) is 0 Å². The summed E-state index contributed by atoms with van der Waals surface area (Å²) >= 11 is 0. The lowest BCUT2D eigenvalue weighted by atomic mass is 9.94. The first-order chi connectivity index (χ1) is 13.6. The van der Waals surface area contributed by atoms with E-state index in [1.54, 1.807) is 7.11 Å². The van der Waals surface area contributed by atoms with Crippen LogP contribution in [-0.4, -0.2) is 31.0 Å². The number of methoxy groups -OCH3 is 1. The zero-order valence-electron chi connectivity index (χ0n) is 17.3. The Hall–Kier alpha value is -2.33. The van der Waals surface area contributed by atoms with E-state index >= 15 is 0 Å². The van der Waals surface area contributed by atoms with E-state index < -0.39 is 0 Å². The van der Waals surface area contributed by atoms with Gasteiger partial charge in [-0.25, -0.2) is 0 Å². The highest BCUT2D eigenvalue weighted by molar-refractivity contribution is 5.79. The van der Waals surface area contributed by atoms with Gasteiger partial charge in [-0.2, -0.15) is 0 Å². The maximum atomic E-state index is 12.8. The van der Waals surface area contributed by atoms with Crippen molar-refractivity contribution in [3.63, 3.8) is 0 Å². The van der Waals surface area contributed by atoms with E-state index in [-0.39, 0.29) is 17.9 Å². The number of hydrogen-bond acceptors (Lipinski definition) is 3. The van der Waals surface area contributed by atoms with E-state index in [1.165, 1.54) is 11.1 Å². The van der Waals surface area contributed by atoms with Crippen molar-refractivity contribution in [3.8, 4) is 5.75 Å². The summed E-state index contributed by atoms with van der Waals surface area (Å²) < 4.78 is 5.23.